The quantitative estimate of drug-likeness (QED) is 0.726. The van der Waals surface area contributed by atoms with Crippen LogP contribution in [0.5, 0.6) is 0 Å². The van der Waals surface area contributed by atoms with Crippen LogP contribution in [0, 0.1) is 5.82 Å². The summed E-state index contributed by atoms with van der Waals surface area (Å²) in [5.74, 6) is -0.779. The largest absolute Gasteiger partial charge is 0.416 e. The van der Waals surface area contributed by atoms with E-state index in [0.29, 0.717) is 5.75 Å². The van der Waals surface area contributed by atoms with E-state index in [1.807, 2.05) is 0 Å². The topological polar surface area (TPSA) is 20.3 Å². The average molecular weight is 355 g/mol. The third-order valence-corrected chi connectivity index (χ3v) is 5.03. The second-order valence-corrected chi connectivity index (χ2v) is 6.47. The molecule has 2 nitrogen and oxygen atoms in total. The molecule has 1 saturated heterocycles. The molecule has 126 valence electrons. The zero-order valence-electron chi connectivity index (χ0n) is 12.4. The molecule has 1 aliphatic heterocycles. The molecule has 1 amide bonds. The number of nitrogens with zero attached hydrogens (tertiary/aromatic N) is 1. The molecule has 0 unspecified atom stereocenters. The first kappa shape index (κ1) is 16.8. The highest BCUT2D eigenvalue weighted by Gasteiger charge is 2.39. The lowest BCUT2D eigenvalue weighted by Gasteiger charge is -2.26. The molecule has 0 spiro atoms. The summed E-state index contributed by atoms with van der Waals surface area (Å²) in [5, 5.41) is -0.782. The minimum Gasteiger partial charge on any atom is -0.322 e. The minimum atomic E-state index is -4.51. The molecule has 3 rings (SSSR count). The Morgan fingerprint density at radius 3 is 2.46 bits per heavy atom. The molecule has 1 heterocycles. The summed E-state index contributed by atoms with van der Waals surface area (Å²) in [6.07, 6.45) is -4.51. The highest BCUT2D eigenvalue weighted by molar-refractivity contribution is 7.99. The van der Waals surface area contributed by atoms with Crippen molar-refractivity contribution in [2.45, 2.75) is 11.6 Å². The van der Waals surface area contributed by atoms with Crippen molar-refractivity contribution in [1.29, 1.82) is 0 Å². The number of benzene rings is 2. The summed E-state index contributed by atoms with van der Waals surface area (Å²) >= 11 is 1.25. The average Bonchev–Trinajstić information content (AvgIpc) is 3.03. The molecule has 2 aromatic rings. The Balaban J connectivity index is 1.98. The number of thioether (sulfide) groups is 1. The smallest absolute Gasteiger partial charge is 0.322 e. The maximum atomic E-state index is 13.9. The molecule has 2 aromatic carbocycles. The molecule has 0 aromatic heterocycles. The van der Waals surface area contributed by atoms with Crippen molar-refractivity contribution in [3.05, 3.63) is 71.0 Å². The molecular weight excluding hydrogens is 342 g/mol. The molecule has 1 atom stereocenters. The van der Waals surface area contributed by atoms with Crippen LogP contribution in [0.1, 0.15) is 26.9 Å². The van der Waals surface area contributed by atoms with Crippen molar-refractivity contribution >= 4 is 17.7 Å². The summed E-state index contributed by atoms with van der Waals surface area (Å²) in [6, 6.07) is 10.7. The van der Waals surface area contributed by atoms with Crippen LogP contribution in [0.4, 0.5) is 17.6 Å². The maximum absolute atomic E-state index is 13.9. The van der Waals surface area contributed by atoms with Crippen molar-refractivity contribution < 1.29 is 22.4 Å². The van der Waals surface area contributed by atoms with Crippen LogP contribution in [-0.2, 0) is 6.18 Å². The third-order valence-electron chi connectivity index (χ3n) is 3.79. The molecule has 1 aliphatic rings. The maximum Gasteiger partial charge on any atom is 0.416 e. The lowest BCUT2D eigenvalue weighted by atomic mass is 10.1. The van der Waals surface area contributed by atoms with Crippen molar-refractivity contribution in [3.8, 4) is 0 Å². The third kappa shape index (κ3) is 3.13. The number of rotatable bonds is 2. The summed E-state index contributed by atoms with van der Waals surface area (Å²) in [7, 11) is 0. The second-order valence-electron chi connectivity index (χ2n) is 5.29. The highest BCUT2D eigenvalue weighted by Crippen LogP contribution is 2.44. The van der Waals surface area contributed by atoms with Crippen LogP contribution in [0.25, 0.3) is 0 Å². The van der Waals surface area contributed by atoms with Gasteiger partial charge in [-0.05, 0) is 23.8 Å². The lowest BCUT2D eigenvalue weighted by Crippen LogP contribution is -2.32. The van der Waals surface area contributed by atoms with Gasteiger partial charge in [0.1, 0.15) is 11.2 Å². The monoisotopic (exact) mass is 355 g/mol. The van der Waals surface area contributed by atoms with Gasteiger partial charge in [0.25, 0.3) is 5.91 Å². The standard InChI is InChI=1S/C17H13F4NOS/c18-14-8-4-2-6-12(14)15(23)22-9-10-24-16(22)11-5-1-3-7-13(11)17(19,20)21/h1-8,16H,9-10H2/t16-/m0/s1. The molecule has 7 heteroatoms. The predicted molar refractivity (Wildman–Crippen MR) is 84.1 cm³/mol. The zero-order valence-corrected chi connectivity index (χ0v) is 13.2. The molecule has 0 saturated carbocycles. The SMILES string of the molecule is O=C(c1ccccc1F)N1CCS[C@H]1c1ccccc1C(F)(F)F. The van der Waals surface area contributed by atoms with Gasteiger partial charge in [0.15, 0.2) is 0 Å². The van der Waals surface area contributed by atoms with Crippen LogP contribution >= 0.6 is 11.8 Å². The molecular formula is C17H13F4NOS. The van der Waals surface area contributed by atoms with Crippen LogP contribution in [0.2, 0.25) is 0 Å². The molecule has 24 heavy (non-hydrogen) atoms. The van der Waals surface area contributed by atoms with Crippen LogP contribution in [0.3, 0.4) is 0 Å². The first-order valence-corrected chi connectivity index (χ1v) is 8.27. The molecule has 0 N–H and O–H groups in total. The lowest BCUT2D eigenvalue weighted by molar-refractivity contribution is -0.138. The number of amides is 1. The summed E-state index contributed by atoms with van der Waals surface area (Å²) in [6.45, 7) is 0.273. The van der Waals surface area contributed by atoms with Gasteiger partial charge in [0.05, 0.1) is 11.1 Å². The van der Waals surface area contributed by atoms with Gasteiger partial charge < -0.3 is 4.90 Å². The second kappa shape index (κ2) is 6.47. The van der Waals surface area contributed by atoms with Gasteiger partial charge >= 0.3 is 6.18 Å². The van der Waals surface area contributed by atoms with E-state index in [9.17, 15) is 22.4 Å². The predicted octanol–water partition coefficient (Wildman–Crippen LogP) is 4.73. The number of carbonyl (C=O) groups is 1. The van der Waals surface area contributed by atoms with Gasteiger partial charge in [0, 0.05) is 12.3 Å². The van der Waals surface area contributed by atoms with E-state index >= 15 is 0 Å². The van der Waals surface area contributed by atoms with E-state index in [0.717, 1.165) is 12.1 Å². The van der Waals surface area contributed by atoms with Crippen molar-refractivity contribution in [3.63, 3.8) is 0 Å². The fourth-order valence-electron chi connectivity index (χ4n) is 2.70. The Morgan fingerprint density at radius 1 is 1.08 bits per heavy atom. The van der Waals surface area contributed by atoms with Gasteiger partial charge in [-0.2, -0.15) is 13.2 Å². The number of alkyl halides is 3. The first-order valence-electron chi connectivity index (χ1n) is 7.23. The van der Waals surface area contributed by atoms with Crippen LogP contribution < -0.4 is 0 Å². The molecule has 0 radical (unpaired) electrons. The Morgan fingerprint density at radius 2 is 1.75 bits per heavy atom. The van der Waals surface area contributed by atoms with Gasteiger partial charge in [-0.1, -0.05) is 30.3 Å². The van der Waals surface area contributed by atoms with Gasteiger partial charge in [-0.3, -0.25) is 4.79 Å². The van der Waals surface area contributed by atoms with E-state index < -0.39 is 28.8 Å². The van der Waals surface area contributed by atoms with Gasteiger partial charge in [-0.25, -0.2) is 4.39 Å². The summed E-state index contributed by atoms with van der Waals surface area (Å²) < 4.78 is 53.6. The number of hydrogen-bond donors (Lipinski definition) is 0. The van der Waals surface area contributed by atoms with Gasteiger partial charge in [0.2, 0.25) is 0 Å². The van der Waals surface area contributed by atoms with E-state index in [1.165, 1.54) is 53.1 Å². The Labute approximate surface area is 140 Å². The number of hydrogen-bond acceptors (Lipinski definition) is 2. The van der Waals surface area contributed by atoms with Crippen molar-refractivity contribution in [2.75, 3.05) is 12.3 Å². The van der Waals surface area contributed by atoms with E-state index in [-0.39, 0.29) is 17.7 Å². The molecule has 1 fully saturated rings. The minimum absolute atomic E-state index is 0.0252. The molecule has 0 bridgehead atoms. The Bertz CT molecular complexity index is 762. The van der Waals surface area contributed by atoms with Crippen LogP contribution in [-0.4, -0.2) is 23.1 Å². The van der Waals surface area contributed by atoms with E-state index in [2.05, 4.69) is 0 Å². The van der Waals surface area contributed by atoms with E-state index in [4.69, 9.17) is 0 Å². The molecule has 0 aliphatic carbocycles. The van der Waals surface area contributed by atoms with Crippen molar-refractivity contribution in [2.24, 2.45) is 0 Å². The summed E-state index contributed by atoms with van der Waals surface area (Å²) in [4.78, 5) is 13.9. The fourth-order valence-corrected chi connectivity index (χ4v) is 3.99. The number of carbonyl (C=O) groups excluding carboxylic acids is 1. The van der Waals surface area contributed by atoms with Gasteiger partial charge in [-0.15, -0.1) is 11.8 Å². The van der Waals surface area contributed by atoms with Crippen LogP contribution in [0.15, 0.2) is 48.5 Å². The van der Waals surface area contributed by atoms with E-state index in [1.54, 1.807) is 0 Å². The fraction of sp³-hybridized carbons (Fsp3) is 0.235. The Kier molecular flexibility index (Phi) is 4.54. The first-order chi connectivity index (χ1) is 11.4. The zero-order chi connectivity index (χ0) is 17.3. The van der Waals surface area contributed by atoms with Crippen molar-refractivity contribution in [1.82, 2.24) is 4.90 Å². The number of halogens is 4. The highest BCUT2D eigenvalue weighted by atomic mass is 32.2. The normalized spacial score (nSPS) is 18.0. The Hall–Kier alpha value is -2.02. The summed E-state index contributed by atoms with van der Waals surface area (Å²) in [5.41, 5.74) is -0.873.